The van der Waals surface area contributed by atoms with Crippen LogP contribution in [0, 0.1) is 0 Å². The summed E-state index contributed by atoms with van der Waals surface area (Å²) in [7, 11) is 0. The quantitative estimate of drug-likeness (QED) is 0.543. The molecule has 1 heterocycles. The Hall–Kier alpha value is -1.63. The predicted molar refractivity (Wildman–Crippen MR) is 75.9 cm³/mol. The summed E-state index contributed by atoms with van der Waals surface area (Å²) in [6.07, 6.45) is 1.18. The summed E-state index contributed by atoms with van der Waals surface area (Å²) in [5.41, 5.74) is 1.20. The maximum atomic E-state index is 11.9. The molecule has 0 radical (unpaired) electrons. The van der Waals surface area contributed by atoms with Gasteiger partial charge < -0.3 is 10.6 Å². The van der Waals surface area contributed by atoms with Crippen LogP contribution in [0.5, 0.6) is 0 Å². The Labute approximate surface area is 120 Å². The van der Waals surface area contributed by atoms with Gasteiger partial charge in [-0.1, -0.05) is 20.4 Å². The molecule has 0 spiro atoms. The molecular formula is C12H17BrN4O2. The average Bonchev–Trinajstić information content (AvgIpc) is 2.76. The van der Waals surface area contributed by atoms with Crippen molar-refractivity contribution in [3.63, 3.8) is 0 Å². The van der Waals surface area contributed by atoms with Crippen LogP contribution in [0.25, 0.3) is 0 Å². The predicted octanol–water partition coefficient (Wildman–Crippen LogP) is 1.33. The Balaban J connectivity index is 2.50. The molecule has 0 aliphatic heterocycles. The number of amides is 2. The highest BCUT2D eigenvalue weighted by Crippen LogP contribution is 2.25. The monoisotopic (exact) mass is 328 g/mol. The van der Waals surface area contributed by atoms with Crippen LogP contribution in [-0.4, -0.2) is 35.1 Å². The van der Waals surface area contributed by atoms with Crippen molar-refractivity contribution in [1.82, 2.24) is 20.8 Å². The molecule has 2 amide bonds. The molecule has 0 fully saturated rings. The SMILES string of the molecule is C=CC(=O)NCCNC(=O)c1n[nH]c(C(C)C)c1Br. The number of rotatable bonds is 6. The molecule has 0 aromatic carbocycles. The highest BCUT2D eigenvalue weighted by Gasteiger charge is 2.18. The summed E-state index contributed by atoms with van der Waals surface area (Å²) in [5, 5.41) is 12.0. The molecule has 0 saturated carbocycles. The average molecular weight is 329 g/mol. The zero-order chi connectivity index (χ0) is 14.4. The number of aromatic amines is 1. The normalized spacial score (nSPS) is 10.3. The van der Waals surface area contributed by atoms with Crippen molar-refractivity contribution >= 4 is 27.7 Å². The Morgan fingerprint density at radius 3 is 2.58 bits per heavy atom. The lowest BCUT2D eigenvalue weighted by Crippen LogP contribution is -2.34. The summed E-state index contributed by atoms with van der Waals surface area (Å²) in [4.78, 5) is 22.8. The van der Waals surface area contributed by atoms with Crippen LogP contribution in [0.3, 0.4) is 0 Å². The molecule has 0 unspecified atom stereocenters. The van der Waals surface area contributed by atoms with E-state index in [4.69, 9.17) is 0 Å². The fourth-order valence-corrected chi connectivity index (χ4v) is 2.21. The minimum absolute atomic E-state index is 0.246. The van der Waals surface area contributed by atoms with E-state index in [0.29, 0.717) is 23.3 Å². The van der Waals surface area contributed by atoms with Gasteiger partial charge in [-0.3, -0.25) is 14.7 Å². The maximum Gasteiger partial charge on any atom is 0.273 e. The molecule has 1 aromatic heterocycles. The van der Waals surface area contributed by atoms with Gasteiger partial charge in [0.2, 0.25) is 5.91 Å². The van der Waals surface area contributed by atoms with Gasteiger partial charge in [-0.25, -0.2) is 0 Å². The van der Waals surface area contributed by atoms with E-state index in [0.717, 1.165) is 5.69 Å². The molecule has 0 bridgehead atoms. The van der Waals surface area contributed by atoms with Gasteiger partial charge in [-0.05, 0) is 27.9 Å². The van der Waals surface area contributed by atoms with Crippen LogP contribution in [0.4, 0.5) is 0 Å². The second-order valence-corrected chi connectivity index (χ2v) is 5.00. The number of hydrogen-bond acceptors (Lipinski definition) is 3. The summed E-state index contributed by atoms with van der Waals surface area (Å²) < 4.78 is 0.676. The van der Waals surface area contributed by atoms with Gasteiger partial charge in [0.05, 0.1) is 10.2 Å². The highest BCUT2D eigenvalue weighted by atomic mass is 79.9. The van der Waals surface area contributed by atoms with E-state index in [-0.39, 0.29) is 17.7 Å². The molecule has 7 heteroatoms. The second kappa shape index (κ2) is 7.08. The zero-order valence-electron chi connectivity index (χ0n) is 10.9. The first kappa shape index (κ1) is 15.4. The van der Waals surface area contributed by atoms with Crippen LogP contribution >= 0.6 is 15.9 Å². The summed E-state index contributed by atoms with van der Waals surface area (Å²) in [5.74, 6) is -0.310. The Morgan fingerprint density at radius 2 is 2.05 bits per heavy atom. The van der Waals surface area contributed by atoms with Crippen LogP contribution in [-0.2, 0) is 4.79 Å². The number of aromatic nitrogens is 2. The molecule has 0 aliphatic carbocycles. The number of nitrogens with zero attached hydrogens (tertiary/aromatic N) is 1. The molecule has 104 valence electrons. The smallest absolute Gasteiger partial charge is 0.273 e. The molecule has 3 N–H and O–H groups in total. The molecule has 6 nitrogen and oxygen atoms in total. The molecule has 19 heavy (non-hydrogen) atoms. The number of halogens is 1. The minimum atomic E-state index is -0.289. The summed E-state index contributed by atoms with van der Waals surface area (Å²) in [6, 6.07) is 0. The first-order valence-corrected chi connectivity index (χ1v) is 6.68. The number of H-pyrrole nitrogens is 1. The topological polar surface area (TPSA) is 86.9 Å². The third kappa shape index (κ3) is 4.20. The molecule has 0 aliphatic rings. The van der Waals surface area contributed by atoms with Gasteiger partial charge in [-0.15, -0.1) is 0 Å². The standard InChI is InChI=1S/C12H17BrN4O2/c1-4-8(18)14-5-6-15-12(19)11-9(13)10(7(2)3)16-17-11/h4,7H,1,5-6H2,2-3H3,(H,14,18)(H,15,19)(H,16,17). The van der Waals surface area contributed by atoms with Crippen LogP contribution < -0.4 is 10.6 Å². The van der Waals surface area contributed by atoms with Crippen molar-refractivity contribution in [2.24, 2.45) is 0 Å². The van der Waals surface area contributed by atoms with E-state index in [1.807, 2.05) is 13.8 Å². The second-order valence-electron chi connectivity index (χ2n) is 4.21. The van der Waals surface area contributed by atoms with Crippen LogP contribution in [0.1, 0.15) is 35.9 Å². The lowest BCUT2D eigenvalue weighted by molar-refractivity contribution is -0.116. The van der Waals surface area contributed by atoms with Gasteiger partial charge >= 0.3 is 0 Å². The largest absolute Gasteiger partial charge is 0.351 e. The first-order valence-electron chi connectivity index (χ1n) is 5.89. The van der Waals surface area contributed by atoms with E-state index in [1.54, 1.807) is 0 Å². The third-order valence-corrected chi connectivity index (χ3v) is 3.22. The van der Waals surface area contributed by atoms with E-state index < -0.39 is 0 Å². The molecule has 1 rings (SSSR count). The molecular weight excluding hydrogens is 312 g/mol. The number of hydrogen-bond donors (Lipinski definition) is 3. The summed E-state index contributed by atoms with van der Waals surface area (Å²) in [6.45, 7) is 8.01. The minimum Gasteiger partial charge on any atom is -0.351 e. The van der Waals surface area contributed by atoms with E-state index >= 15 is 0 Å². The third-order valence-electron chi connectivity index (χ3n) is 2.42. The Morgan fingerprint density at radius 1 is 1.42 bits per heavy atom. The van der Waals surface area contributed by atoms with Crippen molar-refractivity contribution in [2.75, 3.05) is 13.1 Å². The molecule has 1 aromatic rings. The highest BCUT2D eigenvalue weighted by molar-refractivity contribution is 9.10. The first-order chi connectivity index (χ1) is 8.97. The zero-order valence-corrected chi connectivity index (χ0v) is 12.5. The Kier molecular flexibility index (Phi) is 5.75. The van der Waals surface area contributed by atoms with Crippen molar-refractivity contribution in [3.05, 3.63) is 28.5 Å². The lowest BCUT2D eigenvalue weighted by atomic mass is 10.1. The van der Waals surface area contributed by atoms with Gasteiger partial charge in [0.25, 0.3) is 5.91 Å². The van der Waals surface area contributed by atoms with E-state index in [9.17, 15) is 9.59 Å². The van der Waals surface area contributed by atoms with Crippen molar-refractivity contribution in [1.29, 1.82) is 0 Å². The van der Waals surface area contributed by atoms with Gasteiger partial charge in [-0.2, -0.15) is 5.10 Å². The number of nitrogens with one attached hydrogen (secondary N) is 3. The number of carbonyl (C=O) groups excluding carboxylic acids is 2. The van der Waals surface area contributed by atoms with E-state index in [1.165, 1.54) is 6.08 Å². The fourth-order valence-electron chi connectivity index (χ4n) is 1.39. The molecule has 0 atom stereocenters. The van der Waals surface area contributed by atoms with Crippen molar-refractivity contribution in [3.8, 4) is 0 Å². The van der Waals surface area contributed by atoms with Gasteiger partial charge in [0.1, 0.15) is 0 Å². The number of carbonyl (C=O) groups is 2. The van der Waals surface area contributed by atoms with Gasteiger partial charge in [0, 0.05) is 13.1 Å². The molecule has 0 saturated heterocycles. The van der Waals surface area contributed by atoms with Crippen molar-refractivity contribution < 1.29 is 9.59 Å². The Bertz CT molecular complexity index is 482. The van der Waals surface area contributed by atoms with Crippen molar-refractivity contribution in [2.45, 2.75) is 19.8 Å². The summed E-state index contributed by atoms with van der Waals surface area (Å²) >= 11 is 3.36. The van der Waals surface area contributed by atoms with Crippen LogP contribution in [0.15, 0.2) is 17.1 Å². The van der Waals surface area contributed by atoms with Gasteiger partial charge in [0.15, 0.2) is 5.69 Å². The maximum absolute atomic E-state index is 11.9. The lowest BCUT2D eigenvalue weighted by Gasteiger charge is -2.05. The van der Waals surface area contributed by atoms with E-state index in [2.05, 4.69) is 43.3 Å². The fraction of sp³-hybridized carbons (Fsp3) is 0.417. The van der Waals surface area contributed by atoms with Crippen LogP contribution in [0.2, 0.25) is 0 Å².